The molecule has 21 heavy (non-hydrogen) atoms. The number of methoxy groups -OCH3 is 1. The van der Waals surface area contributed by atoms with Crippen molar-refractivity contribution < 1.29 is 9.53 Å². The van der Waals surface area contributed by atoms with Crippen LogP contribution in [0.1, 0.15) is 52.4 Å². The SMILES string of the molecule is COC(=O)[C@@H]1C2CC[C@H](C[C@@H]1C1CCC(C)C(C)C1)N2C. The molecule has 1 aliphatic carbocycles. The molecule has 3 heteroatoms. The molecular weight excluding hydrogens is 262 g/mol. The lowest BCUT2D eigenvalue weighted by atomic mass is 9.64. The molecule has 3 fully saturated rings. The smallest absolute Gasteiger partial charge is 0.310 e. The summed E-state index contributed by atoms with van der Waals surface area (Å²) in [6, 6.07) is 1.13. The van der Waals surface area contributed by atoms with Gasteiger partial charge in [0, 0.05) is 12.1 Å². The molecule has 2 saturated heterocycles. The Bertz CT molecular complexity index is 397. The summed E-state index contributed by atoms with van der Waals surface area (Å²) in [6.45, 7) is 4.78. The first-order valence-electron chi connectivity index (χ1n) is 8.82. The van der Waals surface area contributed by atoms with Crippen LogP contribution in [0.25, 0.3) is 0 Å². The summed E-state index contributed by atoms with van der Waals surface area (Å²) < 4.78 is 5.19. The van der Waals surface area contributed by atoms with E-state index in [1.54, 1.807) is 7.11 Å². The summed E-state index contributed by atoms with van der Waals surface area (Å²) in [5.74, 6) is 3.10. The van der Waals surface area contributed by atoms with E-state index in [4.69, 9.17) is 4.74 Å². The highest BCUT2D eigenvalue weighted by molar-refractivity contribution is 5.74. The molecule has 3 nitrogen and oxygen atoms in total. The van der Waals surface area contributed by atoms with Gasteiger partial charge in [-0.2, -0.15) is 0 Å². The number of carbonyl (C=O) groups is 1. The summed E-state index contributed by atoms with van der Waals surface area (Å²) in [5, 5.41) is 0. The van der Waals surface area contributed by atoms with E-state index >= 15 is 0 Å². The molecule has 2 aliphatic heterocycles. The fourth-order valence-electron chi connectivity index (χ4n) is 5.44. The maximum Gasteiger partial charge on any atom is 0.310 e. The van der Waals surface area contributed by atoms with Gasteiger partial charge in [0.2, 0.25) is 0 Å². The van der Waals surface area contributed by atoms with Crippen LogP contribution in [0, 0.1) is 29.6 Å². The van der Waals surface area contributed by atoms with Crippen LogP contribution in [0.15, 0.2) is 0 Å². The second-order valence-electron chi connectivity index (χ2n) is 7.94. The van der Waals surface area contributed by atoms with Gasteiger partial charge in [-0.3, -0.25) is 9.69 Å². The Hall–Kier alpha value is -0.570. The van der Waals surface area contributed by atoms with E-state index in [1.807, 2.05) is 0 Å². The lowest BCUT2D eigenvalue weighted by Gasteiger charge is -2.47. The largest absolute Gasteiger partial charge is 0.469 e. The van der Waals surface area contributed by atoms with Crippen LogP contribution in [-0.4, -0.2) is 37.1 Å². The van der Waals surface area contributed by atoms with Crippen molar-refractivity contribution >= 4 is 5.97 Å². The van der Waals surface area contributed by atoms with Gasteiger partial charge in [-0.05, 0) is 62.8 Å². The third-order valence-corrected chi connectivity index (χ3v) is 7.03. The molecule has 3 rings (SSSR count). The molecule has 0 radical (unpaired) electrons. The summed E-state index contributed by atoms with van der Waals surface area (Å²) in [6.07, 6.45) is 7.61. The first kappa shape index (κ1) is 15.3. The molecule has 7 atom stereocenters. The number of hydrogen-bond donors (Lipinski definition) is 0. The molecule has 0 amide bonds. The first-order valence-corrected chi connectivity index (χ1v) is 8.82. The molecule has 3 aliphatic rings. The normalized spacial score (nSPS) is 47.3. The second kappa shape index (κ2) is 5.91. The van der Waals surface area contributed by atoms with Crippen LogP contribution in [0.3, 0.4) is 0 Å². The quantitative estimate of drug-likeness (QED) is 0.731. The maximum absolute atomic E-state index is 12.5. The number of fused-ring (bicyclic) bond motifs is 2. The van der Waals surface area contributed by atoms with Crippen LogP contribution >= 0.6 is 0 Å². The molecule has 0 aromatic carbocycles. The van der Waals surface area contributed by atoms with Crippen molar-refractivity contribution in [2.75, 3.05) is 14.2 Å². The number of nitrogens with zero attached hydrogens (tertiary/aromatic N) is 1. The fourth-order valence-corrected chi connectivity index (χ4v) is 5.44. The third-order valence-electron chi connectivity index (χ3n) is 7.03. The van der Waals surface area contributed by atoms with E-state index in [2.05, 4.69) is 25.8 Å². The highest BCUT2D eigenvalue weighted by Gasteiger charge is 2.51. The minimum absolute atomic E-state index is 0.0449. The summed E-state index contributed by atoms with van der Waals surface area (Å²) >= 11 is 0. The Kier molecular flexibility index (Phi) is 4.31. The van der Waals surface area contributed by atoms with Crippen LogP contribution in [0.4, 0.5) is 0 Å². The number of ether oxygens (including phenoxy) is 1. The van der Waals surface area contributed by atoms with Crippen molar-refractivity contribution in [2.45, 2.75) is 64.5 Å². The minimum atomic E-state index is 0.0449. The predicted octanol–water partition coefficient (Wildman–Crippen LogP) is 3.33. The number of rotatable bonds is 2. The van der Waals surface area contributed by atoms with E-state index < -0.39 is 0 Å². The fraction of sp³-hybridized carbons (Fsp3) is 0.944. The zero-order valence-corrected chi connectivity index (χ0v) is 14.0. The van der Waals surface area contributed by atoms with Crippen molar-refractivity contribution in [3.05, 3.63) is 0 Å². The van der Waals surface area contributed by atoms with Crippen molar-refractivity contribution in [2.24, 2.45) is 29.6 Å². The molecule has 0 N–H and O–H groups in total. The number of carbonyl (C=O) groups excluding carboxylic acids is 1. The Labute approximate surface area is 129 Å². The van der Waals surface area contributed by atoms with E-state index in [0.717, 1.165) is 17.8 Å². The van der Waals surface area contributed by atoms with E-state index in [0.29, 0.717) is 18.0 Å². The molecule has 0 spiro atoms. The summed E-state index contributed by atoms with van der Waals surface area (Å²) in [4.78, 5) is 14.9. The van der Waals surface area contributed by atoms with Gasteiger partial charge in [-0.25, -0.2) is 0 Å². The Morgan fingerprint density at radius 2 is 1.81 bits per heavy atom. The Morgan fingerprint density at radius 1 is 1.05 bits per heavy atom. The molecule has 0 aromatic rings. The van der Waals surface area contributed by atoms with E-state index in [1.165, 1.54) is 38.5 Å². The Morgan fingerprint density at radius 3 is 2.48 bits per heavy atom. The first-order chi connectivity index (χ1) is 10.0. The zero-order chi connectivity index (χ0) is 15.1. The van der Waals surface area contributed by atoms with Gasteiger partial charge in [0.1, 0.15) is 0 Å². The standard InChI is InChI=1S/C18H31NO2/c1-11-5-6-13(9-12(11)2)15-10-14-7-8-16(19(14)3)17(15)18(20)21-4/h11-17H,5-10H2,1-4H3/t11?,12?,13?,14-,15-,16?,17+/m1/s1. The maximum atomic E-state index is 12.5. The Balaban J connectivity index is 1.80. The van der Waals surface area contributed by atoms with Crippen molar-refractivity contribution in [1.82, 2.24) is 4.90 Å². The van der Waals surface area contributed by atoms with Gasteiger partial charge in [-0.1, -0.05) is 20.3 Å². The topological polar surface area (TPSA) is 29.5 Å². The van der Waals surface area contributed by atoms with Gasteiger partial charge < -0.3 is 4.74 Å². The zero-order valence-electron chi connectivity index (χ0n) is 14.0. The minimum Gasteiger partial charge on any atom is -0.469 e. The summed E-state index contributed by atoms with van der Waals surface area (Å²) in [5.41, 5.74) is 0. The average Bonchev–Trinajstić information content (AvgIpc) is 2.72. The van der Waals surface area contributed by atoms with Crippen LogP contribution in [0.2, 0.25) is 0 Å². The van der Waals surface area contributed by atoms with Crippen molar-refractivity contribution in [3.8, 4) is 0 Å². The number of esters is 1. The molecule has 2 heterocycles. The summed E-state index contributed by atoms with van der Waals surface area (Å²) in [7, 11) is 3.77. The number of hydrogen-bond acceptors (Lipinski definition) is 3. The van der Waals surface area contributed by atoms with Gasteiger partial charge >= 0.3 is 5.97 Å². The third kappa shape index (κ3) is 2.62. The molecular formula is C18H31NO2. The predicted molar refractivity (Wildman–Crippen MR) is 83.9 cm³/mol. The highest BCUT2D eigenvalue weighted by Crippen LogP contribution is 2.49. The van der Waals surface area contributed by atoms with Crippen molar-refractivity contribution in [3.63, 3.8) is 0 Å². The van der Waals surface area contributed by atoms with Gasteiger partial charge in [0.05, 0.1) is 13.0 Å². The lowest BCUT2D eigenvalue weighted by Crippen LogP contribution is -2.52. The lowest BCUT2D eigenvalue weighted by molar-refractivity contribution is -0.154. The van der Waals surface area contributed by atoms with Crippen LogP contribution in [0.5, 0.6) is 0 Å². The van der Waals surface area contributed by atoms with Gasteiger partial charge in [0.25, 0.3) is 0 Å². The van der Waals surface area contributed by atoms with E-state index in [-0.39, 0.29) is 11.9 Å². The van der Waals surface area contributed by atoms with Gasteiger partial charge in [-0.15, -0.1) is 0 Å². The molecule has 120 valence electrons. The van der Waals surface area contributed by atoms with Gasteiger partial charge in [0.15, 0.2) is 0 Å². The van der Waals surface area contributed by atoms with Crippen molar-refractivity contribution in [1.29, 1.82) is 0 Å². The second-order valence-corrected chi connectivity index (χ2v) is 7.94. The highest BCUT2D eigenvalue weighted by atomic mass is 16.5. The molecule has 0 aromatic heterocycles. The molecule has 4 unspecified atom stereocenters. The molecule has 1 saturated carbocycles. The van der Waals surface area contributed by atoms with Crippen LogP contribution in [-0.2, 0) is 9.53 Å². The van der Waals surface area contributed by atoms with Crippen LogP contribution < -0.4 is 0 Å². The average molecular weight is 293 g/mol. The molecule has 2 bridgehead atoms. The monoisotopic (exact) mass is 293 g/mol. The number of piperidine rings is 1. The van der Waals surface area contributed by atoms with E-state index in [9.17, 15) is 4.79 Å².